The number of likely N-dealkylation sites (tertiary alicyclic amines) is 1. The molecule has 22 heavy (non-hydrogen) atoms. The number of piperidine rings is 1. The minimum atomic E-state index is 0.115. The van der Waals surface area contributed by atoms with Crippen LogP contribution in [0.1, 0.15) is 43.3 Å². The summed E-state index contributed by atoms with van der Waals surface area (Å²) in [6.07, 6.45) is 7.35. The molecule has 1 fully saturated rings. The van der Waals surface area contributed by atoms with Crippen molar-refractivity contribution in [2.75, 3.05) is 0 Å². The predicted molar refractivity (Wildman–Crippen MR) is 88.8 cm³/mol. The van der Waals surface area contributed by atoms with Crippen molar-refractivity contribution in [1.29, 1.82) is 0 Å². The molecule has 1 saturated heterocycles. The zero-order valence-electron chi connectivity index (χ0n) is 13.2. The minimum Gasteiger partial charge on any atom is -0.332 e. The third-order valence-electron chi connectivity index (χ3n) is 4.31. The van der Waals surface area contributed by atoms with Gasteiger partial charge in [-0.05, 0) is 44.7 Å². The van der Waals surface area contributed by atoms with Gasteiger partial charge in [-0.3, -0.25) is 9.78 Å². The number of aromatic nitrogens is 2. The quantitative estimate of drug-likeness (QED) is 0.845. The minimum absolute atomic E-state index is 0.115. The van der Waals surface area contributed by atoms with Gasteiger partial charge in [0, 0.05) is 30.0 Å². The van der Waals surface area contributed by atoms with Gasteiger partial charge in [-0.1, -0.05) is 6.92 Å². The van der Waals surface area contributed by atoms with Crippen molar-refractivity contribution in [3.8, 4) is 10.6 Å². The molecule has 0 radical (unpaired) electrons. The summed E-state index contributed by atoms with van der Waals surface area (Å²) in [5.74, 6) is 0.799. The van der Waals surface area contributed by atoms with Crippen LogP contribution in [0.5, 0.6) is 0 Å². The van der Waals surface area contributed by atoms with E-state index in [1.807, 2.05) is 17.0 Å². The van der Waals surface area contributed by atoms with Crippen molar-refractivity contribution in [2.24, 2.45) is 5.92 Å². The highest BCUT2D eigenvalue weighted by Gasteiger charge is 2.33. The van der Waals surface area contributed by atoms with Crippen molar-refractivity contribution in [1.82, 2.24) is 14.9 Å². The third-order valence-corrected chi connectivity index (χ3v) is 5.35. The van der Waals surface area contributed by atoms with E-state index < -0.39 is 0 Å². The highest BCUT2D eigenvalue weighted by molar-refractivity contribution is 7.16. The lowest BCUT2D eigenvalue weighted by molar-refractivity contribution is 0.0438. The molecule has 5 heteroatoms. The largest absolute Gasteiger partial charge is 0.332 e. The summed E-state index contributed by atoms with van der Waals surface area (Å²) in [5, 5.41) is 0.872. The van der Waals surface area contributed by atoms with E-state index in [-0.39, 0.29) is 18.0 Å². The fraction of sp³-hybridized carbons (Fsp3) is 0.471. The van der Waals surface area contributed by atoms with E-state index in [4.69, 9.17) is 0 Å². The molecule has 0 spiro atoms. The number of thiazole rings is 1. The molecule has 1 unspecified atom stereocenters. The lowest BCUT2D eigenvalue weighted by Crippen LogP contribution is -2.49. The number of nitrogens with zero attached hydrogens (tertiary/aromatic N) is 3. The Balaban J connectivity index is 1.82. The van der Waals surface area contributed by atoms with E-state index in [0.29, 0.717) is 5.92 Å². The first kappa shape index (κ1) is 15.2. The molecule has 1 aliphatic rings. The van der Waals surface area contributed by atoms with E-state index in [2.05, 4.69) is 30.7 Å². The molecule has 0 bridgehead atoms. The van der Waals surface area contributed by atoms with Crippen LogP contribution in [0.2, 0.25) is 0 Å². The summed E-state index contributed by atoms with van der Waals surface area (Å²) in [6.45, 7) is 6.56. The summed E-state index contributed by atoms with van der Waals surface area (Å²) in [7, 11) is 0. The van der Waals surface area contributed by atoms with Gasteiger partial charge in [0.2, 0.25) is 0 Å². The first-order chi connectivity index (χ1) is 10.6. The van der Waals surface area contributed by atoms with Crippen molar-refractivity contribution in [3.05, 3.63) is 35.6 Å². The van der Waals surface area contributed by atoms with Crippen molar-refractivity contribution in [3.63, 3.8) is 0 Å². The topological polar surface area (TPSA) is 46.1 Å². The maximum Gasteiger partial charge on any atom is 0.266 e. The fourth-order valence-corrected chi connectivity index (χ4v) is 4.32. The van der Waals surface area contributed by atoms with Crippen LogP contribution in [0.15, 0.2) is 30.7 Å². The molecule has 0 N–H and O–H groups in total. The molecule has 1 amide bonds. The molecule has 2 aromatic rings. The molecule has 4 nitrogen and oxygen atoms in total. The second-order valence-electron chi connectivity index (χ2n) is 6.25. The maximum atomic E-state index is 12.9. The van der Waals surface area contributed by atoms with Crippen LogP contribution < -0.4 is 0 Å². The van der Waals surface area contributed by atoms with Gasteiger partial charge in [-0.2, -0.15) is 0 Å². The average Bonchev–Trinajstić information content (AvgIpc) is 2.97. The Labute approximate surface area is 135 Å². The number of rotatable bonds is 2. The molecule has 1 aliphatic heterocycles. The SMILES string of the molecule is CC1C[C@@H](C)N(C(=O)c2cnc(-c3ccncc3)s2)[C@@H](C)C1. The van der Waals surface area contributed by atoms with Gasteiger partial charge in [0.1, 0.15) is 9.88 Å². The lowest BCUT2D eigenvalue weighted by Gasteiger charge is -2.41. The molecule has 2 aromatic heterocycles. The van der Waals surface area contributed by atoms with Crippen LogP contribution >= 0.6 is 11.3 Å². The van der Waals surface area contributed by atoms with Crippen molar-refractivity contribution >= 4 is 17.2 Å². The summed E-state index contributed by atoms with van der Waals surface area (Å²) in [5.41, 5.74) is 1.01. The first-order valence-corrected chi connectivity index (χ1v) is 8.56. The number of hydrogen-bond donors (Lipinski definition) is 0. The molecule has 3 heterocycles. The monoisotopic (exact) mass is 315 g/mol. The standard InChI is InChI=1S/C17H21N3OS/c1-11-8-12(2)20(13(3)9-11)17(21)15-10-19-16(22-15)14-4-6-18-7-5-14/h4-7,10-13H,8-9H2,1-3H3/t11?,12-,13+. The highest BCUT2D eigenvalue weighted by atomic mass is 32.1. The number of carbonyl (C=O) groups is 1. The molecular weight excluding hydrogens is 294 g/mol. The Morgan fingerprint density at radius 3 is 2.45 bits per heavy atom. The fourth-order valence-electron chi connectivity index (χ4n) is 3.45. The molecule has 0 aliphatic carbocycles. The van der Waals surface area contributed by atoms with E-state index in [9.17, 15) is 4.79 Å². The number of hydrogen-bond acceptors (Lipinski definition) is 4. The lowest BCUT2D eigenvalue weighted by atomic mass is 9.88. The Morgan fingerprint density at radius 2 is 1.82 bits per heavy atom. The highest BCUT2D eigenvalue weighted by Crippen LogP contribution is 2.31. The van der Waals surface area contributed by atoms with Crippen LogP contribution in [0, 0.1) is 5.92 Å². The normalized spacial score (nSPS) is 25.2. The molecule has 3 rings (SSSR count). The number of carbonyl (C=O) groups excluding carboxylic acids is 1. The maximum absolute atomic E-state index is 12.9. The smallest absolute Gasteiger partial charge is 0.266 e. The molecule has 0 aromatic carbocycles. The summed E-state index contributed by atoms with van der Waals surface area (Å²) < 4.78 is 0. The van der Waals surface area contributed by atoms with E-state index >= 15 is 0 Å². The number of amides is 1. The van der Waals surface area contributed by atoms with Crippen LogP contribution in [0.4, 0.5) is 0 Å². The summed E-state index contributed by atoms with van der Waals surface area (Å²) in [6, 6.07) is 4.41. The Hall–Kier alpha value is -1.75. The molecular formula is C17H21N3OS. The first-order valence-electron chi connectivity index (χ1n) is 7.75. The van der Waals surface area contributed by atoms with Gasteiger partial charge < -0.3 is 4.90 Å². The van der Waals surface area contributed by atoms with Crippen molar-refractivity contribution < 1.29 is 4.79 Å². The van der Waals surface area contributed by atoms with E-state index in [1.54, 1.807) is 18.6 Å². The van der Waals surface area contributed by atoms with E-state index in [0.717, 1.165) is 28.3 Å². The van der Waals surface area contributed by atoms with Gasteiger partial charge >= 0.3 is 0 Å². The zero-order chi connectivity index (χ0) is 15.7. The van der Waals surface area contributed by atoms with Crippen LogP contribution in [0.25, 0.3) is 10.6 Å². The van der Waals surface area contributed by atoms with Gasteiger partial charge in [0.05, 0.1) is 6.20 Å². The van der Waals surface area contributed by atoms with Gasteiger partial charge in [-0.25, -0.2) is 4.98 Å². The van der Waals surface area contributed by atoms with Crippen molar-refractivity contribution in [2.45, 2.75) is 45.7 Å². The summed E-state index contributed by atoms with van der Waals surface area (Å²) >= 11 is 1.46. The van der Waals surface area contributed by atoms with Gasteiger partial charge in [0.25, 0.3) is 5.91 Å². The van der Waals surface area contributed by atoms with E-state index in [1.165, 1.54) is 11.3 Å². The predicted octanol–water partition coefficient (Wildman–Crippen LogP) is 3.85. The average molecular weight is 315 g/mol. The molecule has 116 valence electrons. The van der Waals surface area contributed by atoms with Crippen LogP contribution in [-0.4, -0.2) is 32.9 Å². The Morgan fingerprint density at radius 1 is 1.18 bits per heavy atom. The van der Waals surface area contributed by atoms with Crippen LogP contribution in [-0.2, 0) is 0 Å². The van der Waals surface area contributed by atoms with Gasteiger partial charge in [0.15, 0.2) is 0 Å². The van der Waals surface area contributed by atoms with Gasteiger partial charge in [-0.15, -0.1) is 11.3 Å². The third kappa shape index (κ3) is 2.90. The molecule has 0 saturated carbocycles. The Bertz CT molecular complexity index is 643. The number of pyridine rings is 1. The summed E-state index contributed by atoms with van der Waals surface area (Å²) in [4.78, 5) is 24.0. The second kappa shape index (κ2) is 6.16. The molecule has 3 atom stereocenters. The second-order valence-corrected chi connectivity index (χ2v) is 7.28. The van der Waals surface area contributed by atoms with Crippen LogP contribution in [0.3, 0.4) is 0 Å². The zero-order valence-corrected chi connectivity index (χ0v) is 14.0. The Kier molecular flexibility index (Phi) is 4.25.